The Bertz CT molecular complexity index is 546. The van der Waals surface area contributed by atoms with Gasteiger partial charge in [-0.15, -0.1) is 11.8 Å². The second-order valence-electron chi connectivity index (χ2n) is 5.35. The van der Waals surface area contributed by atoms with Gasteiger partial charge in [0.05, 0.1) is 11.6 Å². The van der Waals surface area contributed by atoms with Gasteiger partial charge in [-0.05, 0) is 31.4 Å². The van der Waals surface area contributed by atoms with E-state index in [0.717, 1.165) is 22.9 Å². The van der Waals surface area contributed by atoms with Crippen LogP contribution in [0.5, 0.6) is 0 Å². The van der Waals surface area contributed by atoms with Gasteiger partial charge >= 0.3 is 5.97 Å². The molecule has 1 aromatic carbocycles. The van der Waals surface area contributed by atoms with Crippen molar-refractivity contribution in [2.75, 3.05) is 17.2 Å². The zero-order valence-corrected chi connectivity index (χ0v) is 11.9. The van der Waals surface area contributed by atoms with E-state index in [1.54, 1.807) is 11.8 Å². The van der Waals surface area contributed by atoms with Crippen LogP contribution >= 0.6 is 11.8 Å². The molecule has 0 saturated heterocycles. The summed E-state index contributed by atoms with van der Waals surface area (Å²) in [5, 5.41) is 9.05. The summed E-state index contributed by atoms with van der Waals surface area (Å²) >= 11 is 1.77. The quantitative estimate of drug-likeness (QED) is 0.910. The Morgan fingerprint density at radius 3 is 2.70 bits per heavy atom. The number of carbonyl (C=O) groups is 2. The minimum Gasteiger partial charge on any atom is -0.481 e. The number of carboxylic acids is 1. The molecule has 1 aliphatic carbocycles. The minimum atomic E-state index is -0.769. The van der Waals surface area contributed by atoms with Gasteiger partial charge < -0.3 is 10.0 Å². The highest BCUT2D eigenvalue weighted by atomic mass is 32.2. The zero-order chi connectivity index (χ0) is 14.1. The fourth-order valence-corrected chi connectivity index (χ4v) is 4.04. The topological polar surface area (TPSA) is 57.6 Å². The van der Waals surface area contributed by atoms with E-state index in [1.165, 1.54) is 0 Å². The van der Waals surface area contributed by atoms with Crippen LogP contribution < -0.4 is 4.90 Å². The summed E-state index contributed by atoms with van der Waals surface area (Å²) in [4.78, 5) is 26.7. The molecule has 20 heavy (non-hydrogen) atoms. The van der Waals surface area contributed by atoms with Gasteiger partial charge in [-0.25, -0.2) is 0 Å². The van der Waals surface area contributed by atoms with Gasteiger partial charge in [0.25, 0.3) is 0 Å². The summed E-state index contributed by atoms with van der Waals surface area (Å²) in [5.41, 5.74) is 0.979. The molecule has 3 rings (SSSR count). The number of nitrogens with zero attached hydrogens (tertiary/aromatic N) is 1. The normalized spacial score (nSPS) is 25.3. The molecule has 1 fully saturated rings. The van der Waals surface area contributed by atoms with E-state index in [9.17, 15) is 9.59 Å². The van der Waals surface area contributed by atoms with Crippen molar-refractivity contribution in [1.82, 2.24) is 0 Å². The standard InChI is InChI=1S/C15H17NO3S/c17-14(10-5-6-11(9-10)15(18)19)16-7-8-20-13-4-2-1-3-12(13)16/h1-4,10-11H,5-9H2,(H,18,19). The lowest BCUT2D eigenvalue weighted by Gasteiger charge is -2.31. The molecule has 1 heterocycles. The largest absolute Gasteiger partial charge is 0.481 e. The highest BCUT2D eigenvalue weighted by Crippen LogP contribution is 2.38. The van der Waals surface area contributed by atoms with Crippen molar-refractivity contribution in [3.05, 3.63) is 24.3 Å². The minimum absolute atomic E-state index is 0.0986. The van der Waals surface area contributed by atoms with E-state index in [0.29, 0.717) is 19.3 Å². The van der Waals surface area contributed by atoms with Crippen LogP contribution in [-0.4, -0.2) is 29.3 Å². The number of rotatable bonds is 2. The molecule has 4 nitrogen and oxygen atoms in total. The maximum absolute atomic E-state index is 12.7. The maximum Gasteiger partial charge on any atom is 0.306 e. The van der Waals surface area contributed by atoms with Crippen LogP contribution in [0.15, 0.2) is 29.2 Å². The lowest BCUT2D eigenvalue weighted by molar-refractivity contribution is -0.141. The van der Waals surface area contributed by atoms with E-state index in [1.807, 2.05) is 29.2 Å². The zero-order valence-electron chi connectivity index (χ0n) is 11.1. The van der Waals surface area contributed by atoms with Crippen molar-refractivity contribution in [3.8, 4) is 0 Å². The summed E-state index contributed by atoms with van der Waals surface area (Å²) in [6, 6.07) is 7.94. The van der Waals surface area contributed by atoms with Crippen LogP contribution in [0.4, 0.5) is 5.69 Å². The molecule has 0 radical (unpaired) electrons. The molecule has 2 atom stereocenters. The smallest absolute Gasteiger partial charge is 0.306 e. The number of thioether (sulfide) groups is 1. The number of fused-ring (bicyclic) bond motifs is 1. The SMILES string of the molecule is O=C(O)C1CCC(C(=O)N2CCSc3ccccc32)C1. The molecule has 5 heteroatoms. The second-order valence-corrected chi connectivity index (χ2v) is 6.49. The first-order valence-electron chi connectivity index (χ1n) is 6.93. The van der Waals surface area contributed by atoms with Crippen molar-refractivity contribution in [2.24, 2.45) is 11.8 Å². The summed E-state index contributed by atoms with van der Waals surface area (Å²) in [6.07, 6.45) is 1.80. The molecule has 0 aromatic heterocycles. The molecule has 0 spiro atoms. The van der Waals surface area contributed by atoms with E-state index in [-0.39, 0.29) is 17.7 Å². The number of amides is 1. The average Bonchev–Trinajstić information content (AvgIpc) is 2.96. The van der Waals surface area contributed by atoms with Crippen molar-refractivity contribution >= 4 is 29.3 Å². The van der Waals surface area contributed by atoms with Crippen LogP contribution in [-0.2, 0) is 9.59 Å². The lowest BCUT2D eigenvalue weighted by atomic mass is 10.0. The van der Waals surface area contributed by atoms with Gasteiger partial charge in [-0.3, -0.25) is 9.59 Å². The van der Waals surface area contributed by atoms with Gasteiger partial charge in [-0.1, -0.05) is 12.1 Å². The summed E-state index contributed by atoms with van der Waals surface area (Å²) in [5.74, 6) is -0.250. The molecule has 1 N–H and O–H groups in total. The predicted octanol–water partition coefficient (Wildman–Crippen LogP) is 2.63. The summed E-state index contributed by atoms with van der Waals surface area (Å²) < 4.78 is 0. The third-order valence-corrected chi connectivity index (χ3v) is 5.17. The van der Waals surface area contributed by atoms with Crippen LogP contribution in [0.1, 0.15) is 19.3 Å². The first kappa shape index (κ1) is 13.5. The van der Waals surface area contributed by atoms with Crippen molar-refractivity contribution < 1.29 is 14.7 Å². The van der Waals surface area contributed by atoms with Gasteiger partial charge in [0.15, 0.2) is 0 Å². The van der Waals surface area contributed by atoms with Crippen LogP contribution in [0.3, 0.4) is 0 Å². The molecule has 1 aliphatic heterocycles. The number of anilines is 1. The van der Waals surface area contributed by atoms with Gasteiger partial charge in [0.1, 0.15) is 0 Å². The first-order chi connectivity index (χ1) is 9.66. The Labute approximate surface area is 122 Å². The number of carbonyl (C=O) groups excluding carboxylic acids is 1. The Balaban J connectivity index is 1.78. The Hall–Kier alpha value is -1.49. The average molecular weight is 291 g/mol. The van der Waals surface area contributed by atoms with E-state index in [2.05, 4.69) is 0 Å². The van der Waals surface area contributed by atoms with Crippen molar-refractivity contribution in [1.29, 1.82) is 0 Å². The number of para-hydroxylation sites is 1. The van der Waals surface area contributed by atoms with Crippen LogP contribution in [0, 0.1) is 11.8 Å². The third-order valence-electron chi connectivity index (χ3n) is 4.13. The fourth-order valence-electron chi connectivity index (χ4n) is 3.05. The molecular formula is C15H17NO3S. The third kappa shape index (κ3) is 2.42. The van der Waals surface area contributed by atoms with Gasteiger partial charge in [-0.2, -0.15) is 0 Å². The van der Waals surface area contributed by atoms with Crippen LogP contribution in [0.2, 0.25) is 0 Å². The molecule has 1 saturated carbocycles. The first-order valence-corrected chi connectivity index (χ1v) is 7.91. The summed E-state index contributed by atoms with van der Waals surface area (Å²) in [7, 11) is 0. The monoisotopic (exact) mass is 291 g/mol. The molecule has 2 aliphatic rings. The molecule has 1 aromatic rings. The molecule has 2 unspecified atom stereocenters. The van der Waals surface area contributed by atoms with Gasteiger partial charge in [0.2, 0.25) is 5.91 Å². The molecular weight excluding hydrogens is 274 g/mol. The van der Waals surface area contributed by atoms with E-state index >= 15 is 0 Å². The lowest BCUT2D eigenvalue weighted by Crippen LogP contribution is -2.39. The van der Waals surface area contributed by atoms with E-state index in [4.69, 9.17) is 5.11 Å². The Morgan fingerprint density at radius 2 is 1.95 bits per heavy atom. The highest BCUT2D eigenvalue weighted by Gasteiger charge is 2.37. The van der Waals surface area contributed by atoms with Crippen molar-refractivity contribution in [3.63, 3.8) is 0 Å². The predicted molar refractivity (Wildman–Crippen MR) is 78.0 cm³/mol. The molecule has 106 valence electrons. The molecule has 1 amide bonds. The highest BCUT2D eigenvalue weighted by molar-refractivity contribution is 7.99. The second kappa shape index (κ2) is 5.48. The van der Waals surface area contributed by atoms with E-state index < -0.39 is 5.97 Å². The number of hydrogen-bond acceptors (Lipinski definition) is 3. The molecule has 0 bridgehead atoms. The van der Waals surface area contributed by atoms with Crippen molar-refractivity contribution in [2.45, 2.75) is 24.2 Å². The number of hydrogen-bond donors (Lipinski definition) is 1. The fraction of sp³-hybridized carbons (Fsp3) is 0.467. The number of aliphatic carboxylic acids is 1. The number of benzene rings is 1. The number of carboxylic acid groups (broad SMARTS) is 1. The van der Waals surface area contributed by atoms with Gasteiger partial charge in [0, 0.05) is 23.1 Å². The Morgan fingerprint density at radius 1 is 1.20 bits per heavy atom. The summed E-state index contributed by atoms with van der Waals surface area (Å²) in [6.45, 7) is 0.717. The maximum atomic E-state index is 12.7. The Kier molecular flexibility index (Phi) is 3.70. The van der Waals surface area contributed by atoms with Crippen LogP contribution in [0.25, 0.3) is 0 Å².